The molecule has 6 nitrogen and oxygen atoms in total. The molecule has 0 aromatic carbocycles. The number of hydrogen-bond donors (Lipinski definition) is 2. The number of rotatable bonds is 6. The zero-order valence-electron chi connectivity index (χ0n) is 12.3. The van der Waals surface area contributed by atoms with Gasteiger partial charge in [0, 0.05) is 11.9 Å². The van der Waals surface area contributed by atoms with Gasteiger partial charge in [-0.2, -0.15) is 5.10 Å². The first-order valence-electron chi connectivity index (χ1n) is 6.71. The Morgan fingerprint density at radius 3 is 2.71 bits per heavy atom. The van der Waals surface area contributed by atoms with Gasteiger partial charge in [0.25, 0.3) is 0 Å². The molecular weight excluding hydrogens is 308 g/mol. The molecule has 0 spiro atoms. The van der Waals surface area contributed by atoms with Crippen LogP contribution >= 0.6 is 11.3 Å². The highest BCUT2D eigenvalue weighted by atomic mass is 32.2. The number of aryl methyl sites for hydroxylation is 1. The number of nitrogens with one attached hydrogen (secondary N) is 1. The zero-order chi connectivity index (χ0) is 15.6. The van der Waals surface area contributed by atoms with E-state index in [0.717, 1.165) is 17.7 Å². The quantitative estimate of drug-likeness (QED) is 0.850. The number of nitrogens with two attached hydrogens (primary N) is 1. The summed E-state index contributed by atoms with van der Waals surface area (Å²) < 4.78 is 29.5. The normalized spacial score (nSPS) is 13.5. The van der Waals surface area contributed by atoms with Crippen LogP contribution in [0.3, 0.4) is 0 Å². The van der Waals surface area contributed by atoms with Crippen molar-refractivity contribution >= 4 is 27.2 Å². The fraction of sp³-hybridized carbons (Fsp3) is 0.462. The van der Waals surface area contributed by atoms with E-state index in [-0.39, 0.29) is 16.8 Å². The van der Waals surface area contributed by atoms with E-state index < -0.39 is 10.0 Å². The summed E-state index contributed by atoms with van der Waals surface area (Å²) in [5, 5.41) is 5.91. The van der Waals surface area contributed by atoms with E-state index >= 15 is 0 Å². The molecular formula is C13H20N4O2S2. The second kappa shape index (κ2) is 6.17. The fourth-order valence-electron chi connectivity index (χ4n) is 2.23. The molecule has 0 aliphatic rings. The Kier molecular flexibility index (Phi) is 4.70. The highest BCUT2D eigenvalue weighted by Gasteiger charge is 2.28. The van der Waals surface area contributed by atoms with Crippen LogP contribution in [0.1, 0.15) is 36.4 Å². The third-order valence-corrected chi connectivity index (χ3v) is 5.96. The lowest BCUT2D eigenvalue weighted by Crippen LogP contribution is -2.29. The number of hydrogen-bond acceptors (Lipinski definition) is 5. The maximum Gasteiger partial charge on any atom is 0.246 e. The van der Waals surface area contributed by atoms with Gasteiger partial charge >= 0.3 is 0 Å². The van der Waals surface area contributed by atoms with Crippen LogP contribution in [0.25, 0.3) is 0 Å². The second-order valence-electron chi connectivity index (χ2n) is 4.90. The van der Waals surface area contributed by atoms with Crippen molar-refractivity contribution in [3.8, 4) is 0 Å². The summed E-state index contributed by atoms with van der Waals surface area (Å²) >= 11 is 1.54. The summed E-state index contributed by atoms with van der Waals surface area (Å²) in [6.07, 6.45) is 1.62. The van der Waals surface area contributed by atoms with Crippen LogP contribution in [0, 0.1) is 6.92 Å². The maximum atomic E-state index is 12.6. The van der Waals surface area contributed by atoms with Gasteiger partial charge in [-0.05, 0) is 24.8 Å². The van der Waals surface area contributed by atoms with Gasteiger partial charge in [0.15, 0.2) is 5.82 Å². The molecule has 3 N–H and O–H groups in total. The number of nitrogen functional groups attached to an aromatic ring is 1. The van der Waals surface area contributed by atoms with Gasteiger partial charge in [-0.3, -0.25) is 4.68 Å². The highest BCUT2D eigenvalue weighted by Crippen LogP contribution is 2.28. The Morgan fingerprint density at radius 2 is 2.24 bits per heavy atom. The van der Waals surface area contributed by atoms with Gasteiger partial charge in [0.1, 0.15) is 4.90 Å². The van der Waals surface area contributed by atoms with Gasteiger partial charge in [-0.25, -0.2) is 13.1 Å². The minimum absolute atomic E-state index is 0.0314. The molecule has 2 rings (SSSR count). The summed E-state index contributed by atoms with van der Waals surface area (Å²) in [5.74, 6) is 0.0314. The lowest BCUT2D eigenvalue weighted by atomic mass is 10.1. The van der Waals surface area contributed by atoms with Gasteiger partial charge in [0.2, 0.25) is 10.0 Å². The molecule has 1 unspecified atom stereocenters. The molecule has 116 valence electrons. The Labute approximate surface area is 129 Å². The molecule has 1 atom stereocenters. The number of aromatic nitrogens is 2. The molecule has 0 bridgehead atoms. The molecule has 2 aromatic rings. The summed E-state index contributed by atoms with van der Waals surface area (Å²) in [6.45, 7) is 3.72. The molecule has 0 amide bonds. The monoisotopic (exact) mass is 328 g/mol. The SMILES string of the molecule is CCCC(NS(=O)(=O)c1c(N)nn(C)c1C)c1cccs1. The van der Waals surface area contributed by atoms with Crippen LogP contribution in [-0.4, -0.2) is 18.2 Å². The zero-order valence-corrected chi connectivity index (χ0v) is 14.0. The first-order chi connectivity index (χ1) is 9.86. The average Bonchev–Trinajstić information content (AvgIpc) is 2.98. The Morgan fingerprint density at radius 1 is 1.52 bits per heavy atom. The molecule has 0 aliphatic heterocycles. The first-order valence-corrected chi connectivity index (χ1v) is 9.08. The van der Waals surface area contributed by atoms with E-state index in [1.807, 2.05) is 24.4 Å². The summed E-state index contributed by atoms with van der Waals surface area (Å²) in [4.78, 5) is 1.07. The maximum absolute atomic E-state index is 12.6. The van der Waals surface area contributed by atoms with Crippen molar-refractivity contribution in [2.45, 2.75) is 37.6 Å². The van der Waals surface area contributed by atoms with E-state index in [1.54, 1.807) is 25.3 Å². The third-order valence-electron chi connectivity index (χ3n) is 3.33. The standard InChI is InChI=1S/C13H20N4O2S2/c1-4-6-10(11-7-5-8-20-11)16-21(18,19)12-9(2)17(3)15-13(12)14/h5,7-8,10,16H,4,6H2,1-3H3,(H2,14,15). The Balaban J connectivity index is 2.35. The van der Waals surface area contributed by atoms with E-state index in [2.05, 4.69) is 9.82 Å². The number of anilines is 1. The third kappa shape index (κ3) is 3.28. The van der Waals surface area contributed by atoms with Gasteiger partial charge < -0.3 is 5.73 Å². The Hall–Kier alpha value is -1.38. The smallest absolute Gasteiger partial charge is 0.246 e. The second-order valence-corrected chi connectivity index (χ2v) is 7.53. The fourth-order valence-corrected chi connectivity index (χ4v) is 4.69. The highest BCUT2D eigenvalue weighted by molar-refractivity contribution is 7.89. The van der Waals surface area contributed by atoms with Crippen LogP contribution in [-0.2, 0) is 17.1 Å². The largest absolute Gasteiger partial charge is 0.381 e. The van der Waals surface area contributed by atoms with Crippen molar-refractivity contribution in [2.75, 3.05) is 5.73 Å². The van der Waals surface area contributed by atoms with E-state index in [0.29, 0.717) is 5.69 Å². The van der Waals surface area contributed by atoms with Gasteiger partial charge in [-0.1, -0.05) is 19.4 Å². The molecule has 21 heavy (non-hydrogen) atoms. The number of sulfonamides is 1. The molecule has 2 aromatic heterocycles. The molecule has 0 saturated heterocycles. The average molecular weight is 328 g/mol. The first kappa shape index (κ1) is 16.0. The lowest BCUT2D eigenvalue weighted by Gasteiger charge is -2.17. The van der Waals surface area contributed by atoms with Gasteiger partial charge in [-0.15, -0.1) is 11.3 Å². The van der Waals surface area contributed by atoms with Crippen molar-refractivity contribution in [1.82, 2.24) is 14.5 Å². The van der Waals surface area contributed by atoms with Crippen molar-refractivity contribution in [1.29, 1.82) is 0 Å². The predicted molar refractivity (Wildman–Crippen MR) is 84.6 cm³/mol. The van der Waals surface area contributed by atoms with Crippen molar-refractivity contribution in [3.05, 3.63) is 28.1 Å². The summed E-state index contributed by atoms with van der Waals surface area (Å²) in [5.41, 5.74) is 6.28. The van der Waals surface area contributed by atoms with Crippen LogP contribution in [0.5, 0.6) is 0 Å². The van der Waals surface area contributed by atoms with Crippen LogP contribution in [0.15, 0.2) is 22.4 Å². The lowest BCUT2D eigenvalue weighted by molar-refractivity contribution is 0.539. The minimum Gasteiger partial charge on any atom is -0.381 e. The molecule has 0 aliphatic carbocycles. The van der Waals surface area contributed by atoms with Crippen LogP contribution in [0.2, 0.25) is 0 Å². The van der Waals surface area contributed by atoms with E-state index in [9.17, 15) is 8.42 Å². The molecule has 0 saturated carbocycles. The summed E-state index contributed by atoms with van der Waals surface area (Å²) in [7, 11) is -2.03. The number of nitrogens with zero attached hydrogens (tertiary/aromatic N) is 2. The summed E-state index contributed by atoms with van der Waals surface area (Å²) in [6, 6.07) is 3.62. The van der Waals surface area contributed by atoms with Crippen molar-refractivity contribution < 1.29 is 8.42 Å². The number of thiophene rings is 1. The van der Waals surface area contributed by atoms with Crippen LogP contribution in [0.4, 0.5) is 5.82 Å². The molecule has 8 heteroatoms. The molecule has 0 fully saturated rings. The van der Waals surface area contributed by atoms with E-state index in [1.165, 1.54) is 4.68 Å². The molecule has 0 radical (unpaired) electrons. The van der Waals surface area contributed by atoms with Crippen molar-refractivity contribution in [3.63, 3.8) is 0 Å². The van der Waals surface area contributed by atoms with Gasteiger partial charge in [0.05, 0.1) is 11.7 Å². The topological polar surface area (TPSA) is 90.0 Å². The van der Waals surface area contributed by atoms with E-state index in [4.69, 9.17) is 5.73 Å². The molecule has 2 heterocycles. The van der Waals surface area contributed by atoms with Crippen molar-refractivity contribution in [2.24, 2.45) is 7.05 Å². The Bertz CT molecular complexity index is 705. The predicted octanol–water partition coefficient (Wildman–Crippen LogP) is 2.19. The minimum atomic E-state index is -3.70. The van der Waals surface area contributed by atoms with Crippen LogP contribution < -0.4 is 10.5 Å².